The van der Waals surface area contributed by atoms with Crippen LogP contribution in [-0.2, 0) is 6.54 Å². The van der Waals surface area contributed by atoms with Gasteiger partial charge in [0, 0.05) is 0 Å². The summed E-state index contributed by atoms with van der Waals surface area (Å²) in [5.74, 6) is 0.687. The van der Waals surface area contributed by atoms with Gasteiger partial charge in [0.1, 0.15) is 18.5 Å². The number of ether oxygens (including phenoxy) is 1. The molecule has 0 radical (unpaired) electrons. The Balaban J connectivity index is 1.46. The van der Waals surface area contributed by atoms with Gasteiger partial charge in [0.2, 0.25) is 0 Å². The quantitative estimate of drug-likeness (QED) is 0.603. The van der Waals surface area contributed by atoms with Crippen molar-refractivity contribution in [3.8, 4) is 5.75 Å². The number of nitrogens with zero attached hydrogens (tertiary/aromatic N) is 2. The maximum Gasteiger partial charge on any atom is 0.261 e. The second-order valence-electron chi connectivity index (χ2n) is 6.19. The molecule has 0 fully saturated rings. The Morgan fingerprint density at radius 3 is 2.65 bits per heavy atom. The Morgan fingerprint density at radius 2 is 1.77 bits per heavy atom. The summed E-state index contributed by atoms with van der Waals surface area (Å²) in [6, 6.07) is 21.0. The van der Waals surface area contributed by atoms with Gasteiger partial charge in [-0.2, -0.15) is 0 Å². The van der Waals surface area contributed by atoms with Gasteiger partial charge in [0.25, 0.3) is 5.56 Å². The fraction of sp³-hybridized carbons (Fsp3) is 0.143. The minimum Gasteiger partial charge on any atom is -0.491 e. The summed E-state index contributed by atoms with van der Waals surface area (Å²) in [4.78, 5) is 16.7. The number of para-hydroxylation sites is 1. The van der Waals surface area contributed by atoms with Crippen LogP contribution >= 0.6 is 0 Å². The van der Waals surface area contributed by atoms with E-state index < -0.39 is 6.10 Å². The van der Waals surface area contributed by atoms with Crippen LogP contribution in [0.15, 0.2) is 77.9 Å². The van der Waals surface area contributed by atoms with E-state index in [1.165, 1.54) is 10.9 Å². The van der Waals surface area contributed by atoms with Crippen molar-refractivity contribution in [2.24, 2.45) is 0 Å². The van der Waals surface area contributed by atoms with Crippen molar-refractivity contribution in [1.82, 2.24) is 9.55 Å². The molecule has 0 spiro atoms. The summed E-state index contributed by atoms with van der Waals surface area (Å²) < 4.78 is 7.10. The molecule has 0 unspecified atom stereocenters. The first-order chi connectivity index (χ1) is 12.7. The minimum absolute atomic E-state index is 0.0948. The molecule has 1 heterocycles. The molecule has 130 valence electrons. The Labute approximate surface area is 150 Å². The smallest absolute Gasteiger partial charge is 0.261 e. The van der Waals surface area contributed by atoms with E-state index in [1.807, 2.05) is 48.5 Å². The van der Waals surface area contributed by atoms with Gasteiger partial charge in [-0.3, -0.25) is 9.36 Å². The van der Waals surface area contributed by atoms with Gasteiger partial charge in [0.05, 0.1) is 23.8 Å². The normalized spacial score (nSPS) is 12.3. The van der Waals surface area contributed by atoms with Crippen LogP contribution in [0.5, 0.6) is 5.75 Å². The molecule has 5 nitrogen and oxygen atoms in total. The molecule has 4 rings (SSSR count). The Kier molecular flexibility index (Phi) is 4.37. The number of aliphatic hydroxyl groups is 1. The number of fused-ring (bicyclic) bond motifs is 2. The molecule has 0 aliphatic heterocycles. The van der Waals surface area contributed by atoms with Crippen LogP contribution in [-0.4, -0.2) is 27.4 Å². The molecular weight excluding hydrogens is 328 g/mol. The summed E-state index contributed by atoms with van der Waals surface area (Å²) in [6.45, 7) is 0.224. The van der Waals surface area contributed by atoms with Gasteiger partial charge in [-0.15, -0.1) is 0 Å². The van der Waals surface area contributed by atoms with Crippen molar-refractivity contribution >= 4 is 21.7 Å². The number of aliphatic hydroxyl groups excluding tert-OH is 1. The van der Waals surface area contributed by atoms with Gasteiger partial charge < -0.3 is 9.84 Å². The van der Waals surface area contributed by atoms with Crippen molar-refractivity contribution in [2.75, 3.05) is 6.61 Å². The van der Waals surface area contributed by atoms with Crippen molar-refractivity contribution in [3.05, 3.63) is 83.4 Å². The third-order valence-electron chi connectivity index (χ3n) is 4.30. The molecule has 26 heavy (non-hydrogen) atoms. The highest BCUT2D eigenvalue weighted by Gasteiger charge is 2.10. The number of hydrogen-bond donors (Lipinski definition) is 1. The largest absolute Gasteiger partial charge is 0.491 e. The predicted octanol–water partition coefficient (Wildman–Crippen LogP) is 2.99. The first kappa shape index (κ1) is 16.3. The zero-order valence-corrected chi connectivity index (χ0v) is 14.1. The van der Waals surface area contributed by atoms with Crippen LogP contribution in [0.1, 0.15) is 0 Å². The highest BCUT2D eigenvalue weighted by atomic mass is 16.5. The number of hydrogen-bond acceptors (Lipinski definition) is 4. The molecule has 3 aromatic carbocycles. The van der Waals surface area contributed by atoms with E-state index in [2.05, 4.69) is 4.98 Å². The van der Waals surface area contributed by atoms with Crippen LogP contribution in [0.4, 0.5) is 0 Å². The molecule has 0 bridgehead atoms. The number of benzene rings is 3. The first-order valence-corrected chi connectivity index (χ1v) is 8.44. The van der Waals surface area contributed by atoms with E-state index in [4.69, 9.17) is 4.74 Å². The summed E-state index contributed by atoms with van der Waals surface area (Å²) in [5.41, 5.74) is 0.482. The maximum atomic E-state index is 12.5. The highest BCUT2D eigenvalue weighted by Crippen LogP contribution is 2.20. The van der Waals surface area contributed by atoms with Crippen LogP contribution in [0.25, 0.3) is 21.7 Å². The molecule has 1 atom stereocenters. The van der Waals surface area contributed by atoms with E-state index in [0.717, 1.165) is 10.8 Å². The topological polar surface area (TPSA) is 64.4 Å². The minimum atomic E-state index is -0.817. The number of rotatable bonds is 5. The van der Waals surface area contributed by atoms with Crippen LogP contribution in [0.3, 0.4) is 0 Å². The molecule has 1 N–H and O–H groups in total. The van der Waals surface area contributed by atoms with Gasteiger partial charge in [-0.25, -0.2) is 4.98 Å². The van der Waals surface area contributed by atoms with E-state index >= 15 is 0 Å². The maximum absolute atomic E-state index is 12.5. The predicted molar refractivity (Wildman–Crippen MR) is 101 cm³/mol. The lowest BCUT2D eigenvalue weighted by Gasteiger charge is -2.14. The van der Waals surface area contributed by atoms with Gasteiger partial charge in [-0.05, 0) is 35.0 Å². The fourth-order valence-corrected chi connectivity index (χ4v) is 2.97. The average Bonchev–Trinajstić information content (AvgIpc) is 2.68. The Morgan fingerprint density at radius 1 is 1.00 bits per heavy atom. The van der Waals surface area contributed by atoms with Crippen LogP contribution < -0.4 is 10.3 Å². The lowest BCUT2D eigenvalue weighted by atomic mass is 10.1. The van der Waals surface area contributed by atoms with Gasteiger partial charge in [0.15, 0.2) is 0 Å². The molecule has 0 amide bonds. The zero-order chi connectivity index (χ0) is 17.9. The van der Waals surface area contributed by atoms with E-state index in [-0.39, 0.29) is 18.7 Å². The molecule has 4 aromatic rings. The SMILES string of the molecule is O=c1c2ccccc2ncn1C[C@H](O)COc1ccc2ccccc2c1. The molecule has 0 saturated carbocycles. The molecule has 0 saturated heterocycles. The van der Waals surface area contributed by atoms with Gasteiger partial charge in [-0.1, -0.05) is 42.5 Å². The second-order valence-corrected chi connectivity index (χ2v) is 6.19. The Bertz CT molecular complexity index is 1120. The zero-order valence-electron chi connectivity index (χ0n) is 14.1. The number of aromatic nitrogens is 2. The van der Waals surface area contributed by atoms with Crippen molar-refractivity contribution in [1.29, 1.82) is 0 Å². The van der Waals surface area contributed by atoms with Crippen LogP contribution in [0, 0.1) is 0 Å². The fourth-order valence-electron chi connectivity index (χ4n) is 2.97. The standard InChI is InChI=1S/C21H18N2O3/c24-17(12-23-14-22-20-8-4-3-7-19(20)21(23)25)13-26-18-10-9-15-5-1-2-6-16(15)11-18/h1-11,14,17,24H,12-13H2/t17-/m0/s1. The third kappa shape index (κ3) is 3.30. The van der Waals surface area contributed by atoms with Gasteiger partial charge >= 0.3 is 0 Å². The Hall–Kier alpha value is -3.18. The third-order valence-corrected chi connectivity index (χ3v) is 4.30. The molecule has 1 aromatic heterocycles. The molecular formula is C21H18N2O3. The van der Waals surface area contributed by atoms with E-state index in [0.29, 0.717) is 16.7 Å². The summed E-state index contributed by atoms with van der Waals surface area (Å²) in [5, 5.41) is 13.0. The van der Waals surface area contributed by atoms with Crippen LogP contribution in [0.2, 0.25) is 0 Å². The van der Waals surface area contributed by atoms with Crippen molar-refractivity contribution < 1.29 is 9.84 Å². The summed E-state index contributed by atoms with van der Waals surface area (Å²) in [6.07, 6.45) is 0.645. The second kappa shape index (κ2) is 6.98. The van der Waals surface area contributed by atoms with Crippen molar-refractivity contribution in [3.63, 3.8) is 0 Å². The lowest BCUT2D eigenvalue weighted by molar-refractivity contribution is 0.0915. The lowest BCUT2D eigenvalue weighted by Crippen LogP contribution is -2.30. The molecule has 0 aliphatic rings. The summed E-state index contributed by atoms with van der Waals surface area (Å²) in [7, 11) is 0. The first-order valence-electron chi connectivity index (χ1n) is 8.44. The summed E-state index contributed by atoms with van der Waals surface area (Å²) >= 11 is 0. The molecule has 0 aliphatic carbocycles. The monoisotopic (exact) mass is 346 g/mol. The van der Waals surface area contributed by atoms with Crippen molar-refractivity contribution in [2.45, 2.75) is 12.6 Å². The molecule has 5 heteroatoms. The van der Waals surface area contributed by atoms with E-state index in [9.17, 15) is 9.90 Å². The van der Waals surface area contributed by atoms with E-state index in [1.54, 1.807) is 18.2 Å². The average molecular weight is 346 g/mol. The highest BCUT2D eigenvalue weighted by molar-refractivity contribution is 5.83.